The van der Waals surface area contributed by atoms with Crippen LogP contribution in [0.3, 0.4) is 0 Å². The predicted molar refractivity (Wildman–Crippen MR) is 117 cm³/mol. The van der Waals surface area contributed by atoms with Gasteiger partial charge >= 0.3 is 0 Å². The molecule has 0 aliphatic heterocycles. The van der Waals surface area contributed by atoms with E-state index in [1.165, 1.54) is 31.5 Å². The lowest BCUT2D eigenvalue weighted by molar-refractivity contribution is 0.102. The fourth-order valence-electron chi connectivity index (χ4n) is 2.64. The van der Waals surface area contributed by atoms with Crippen molar-refractivity contribution in [2.75, 3.05) is 17.1 Å². The first-order valence-corrected chi connectivity index (χ1v) is 10.8. The lowest BCUT2D eigenvalue weighted by Crippen LogP contribution is -2.16. The third kappa shape index (κ3) is 4.90. The Kier molecular flexibility index (Phi) is 6.28. The topological polar surface area (TPSA) is 97.4 Å². The highest BCUT2D eigenvalue weighted by atomic mass is 35.5. The van der Waals surface area contributed by atoms with Crippen molar-refractivity contribution in [1.82, 2.24) is 4.98 Å². The molecule has 0 saturated carbocycles. The van der Waals surface area contributed by atoms with Gasteiger partial charge in [0.1, 0.15) is 0 Å². The number of aromatic nitrogens is 1. The van der Waals surface area contributed by atoms with Gasteiger partial charge in [-0.3, -0.25) is 9.52 Å². The van der Waals surface area contributed by atoms with Gasteiger partial charge in [-0.1, -0.05) is 17.7 Å². The van der Waals surface area contributed by atoms with Crippen LogP contribution in [0.5, 0.6) is 5.88 Å². The number of carbonyl (C=O) groups is 1. The maximum Gasteiger partial charge on any atom is 0.261 e. The average molecular weight is 446 g/mol. The maximum absolute atomic E-state index is 12.8. The van der Waals surface area contributed by atoms with E-state index in [9.17, 15) is 13.2 Å². The summed E-state index contributed by atoms with van der Waals surface area (Å²) >= 11 is 6.14. The first-order valence-electron chi connectivity index (χ1n) is 8.90. The summed E-state index contributed by atoms with van der Waals surface area (Å²) in [6.07, 6.45) is 1.42. The lowest BCUT2D eigenvalue weighted by Gasteiger charge is -2.12. The van der Waals surface area contributed by atoms with Gasteiger partial charge in [0, 0.05) is 11.8 Å². The van der Waals surface area contributed by atoms with Crippen LogP contribution in [-0.4, -0.2) is 26.4 Å². The summed E-state index contributed by atoms with van der Waals surface area (Å²) < 4.78 is 33.1. The molecule has 0 atom stereocenters. The molecule has 0 unspecified atom stereocenters. The Morgan fingerprint density at radius 2 is 1.73 bits per heavy atom. The summed E-state index contributed by atoms with van der Waals surface area (Å²) in [5, 5.41) is 2.76. The number of pyridine rings is 1. The molecule has 1 aromatic heterocycles. The van der Waals surface area contributed by atoms with Crippen molar-refractivity contribution < 1.29 is 17.9 Å². The van der Waals surface area contributed by atoms with Crippen LogP contribution in [0.15, 0.2) is 59.6 Å². The number of halogens is 1. The standard InChI is InChI=1S/C21H20ClN3O4S/c1-13-4-5-15(10-14(13)2)25-30(27,28)17-7-8-19(22)18(11-17)21(26)24-16-6-9-20(29-3)23-12-16/h4-12,25H,1-3H3,(H,24,26). The molecule has 1 heterocycles. The molecule has 30 heavy (non-hydrogen) atoms. The van der Waals surface area contributed by atoms with Crippen molar-refractivity contribution in [3.63, 3.8) is 0 Å². The smallest absolute Gasteiger partial charge is 0.261 e. The molecule has 0 fully saturated rings. The lowest BCUT2D eigenvalue weighted by atomic mass is 10.1. The van der Waals surface area contributed by atoms with E-state index in [4.69, 9.17) is 16.3 Å². The Hall–Kier alpha value is -3.10. The number of ether oxygens (including phenoxy) is 1. The van der Waals surface area contributed by atoms with E-state index in [1.807, 2.05) is 19.9 Å². The fourth-order valence-corrected chi connectivity index (χ4v) is 3.92. The zero-order valence-electron chi connectivity index (χ0n) is 16.6. The van der Waals surface area contributed by atoms with Gasteiger partial charge in [-0.05, 0) is 61.4 Å². The normalized spacial score (nSPS) is 11.1. The molecule has 3 aromatic rings. The molecule has 156 valence electrons. The van der Waals surface area contributed by atoms with E-state index in [-0.39, 0.29) is 15.5 Å². The first-order chi connectivity index (χ1) is 14.2. The number of nitrogens with one attached hydrogen (secondary N) is 2. The molecule has 2 aromatic carbocycles. The maximum atomic E-state index is 12.8. The Morgan fingerprint density at radius 1 is 1.00 bits per heavy atom. The van der Waals surface area contributed by atoms with Crippen molar-refractivity contribution >= 4 is 38.9 Å². The van der Waals surface area contributed by atoms with Crippen molar-refractivity contribution in [1.29, 1.82) is 0 Å². The Labute approximate surface area is 180 Å². The summed E-state index contributed by atoms with van der Waals surface area (Å²) in [4.78, 5) is 16.6. The molecule has 9 heteroatoms. The second-order valence-corrected chi connectivity index (χ2v) is 8.68. The number of benzene rings is 2. The van der Waals surface area contributed by atoms with Gasteiger partial charge in [0.25, 0.3) is 15.9 Å². The Morgan fingerprint density at radius 3 is 2.37 bits per heavy atom. The largest absolute Gasteiger partial charge is 0.481 e. The van der Waals surface area contributed by atoms with E-state index >= 15 is 0 Å². The van der Waals surface area contributed by atoms with Gasteiger partial charge < -0.3 is 10.1 Å². The van der Waals surface area contributed by atoms with Gasteiger partial charge in [0.15, 0.2) is 0 Å². The SMILES string of the molecule is COc1ccc(NC(=O)c2cc(S(=O)(=O)Nc3ccc(C)c(C)c3)ccc2Cl)cn1. The summed E-state index contributed by atoms with van der Waals surface area (Å²) in [5.41, 5.74) is 2.88. The molecule has 0 aliphatic rings. The predicted octanol–water partition coefficient (Wildman–Crippen LogP) is 4.41. The minimum absolute atomic E-state index is 0.0236. The molecular weight excluding hydrogens is 426 g/mol. The molecule has 0 radical (unpaired) electrons. The molecule has 2 N–H and O–H groups in total. The van der Waals surface area contributed by atoms with Crippen LogP contribution in [0.25, 0.3) is 0 Å². The minimum Gasteiger partial charge on any atom is -0.481 e. The van der Waals surface area contributed by atoms with E-state index in [2.05, 4.69) is 15.0 Å². The number of aryl methyl sites for hydroxylation is 2. The van der Waals surface area contributed by atoms with Crippen molar-refractivity contribution in [2.45, 2.75) is 18.7 Å². The molecule has 3 rings (SSSR count). The molecule has 7 nitrogen and oxygen atoms in total. The quantitative estimate of drug-likeness (QED) is 0.585. The van der Waals surface area contributed by atoms with Crippen LogP contribution >= 0.6 is 11.6 Å². The van der Waals surface area contributed by atoms with Crippen LogP contribution in [0.2, 0.25) is 5.02 Å². The number of anilines is 2. The van der Waals surface area contributed by atoms with Crippen LogP contribution in [0.4, 0.5) is 11.4 Å². The second kappa shape index (κ2) is 8.73. The minimum atomic E-state index is -3.92. The van der Waals surface area contributed by atoms with E-state index < -0.39 is 15.9 Å². The van der Waals surface area contributed by atoms with Crippen LogP contribution in [-0.2, 0) is 10.0 Å². The molecule has 0 saturated heterocycles. The van der Waals surface area contributed by atoms with E-state index in [0.717, 1.165) is 11.1 Å². The number of nitrogens with zero attached hydrogens (tertiary/aromatic N) is 1. The van der Waals surface area contributed by atoms with Gasteiger partial charge in [0.2, 0.25) is 5.88 Å². The van der Waals surface area contributed by atoms with Crippen LogP contribution in [0.1, 0.15) is 21.5 Å². The summed E-state index contributed by atoms with van der Waals surface area (Å²) in [5.74, 6) is -0.160. The highest BCUT2D eigenvalue weighted by Gasteiger charge is 2.19. The van der Waals surface area contributed by atoms with E-state index in [0.29, 0.717) is 17.3 Å². The zero-order chi connectivity index (χ0) is 21.9. The Bertz CT molecular complexity index is 1200. The highest BCUT2D eigenvalue weighted by Crippen LogP contribution is 2.24. The number of hydrogen-bond acceptors (Lipinski definition) is 5. The molecular formula is C21H20ClN3O4S. The van der Waals surface area contributed by atoms with Crippen molar-refractivity contribution in [3.8, 4) is 5.88 Å². The van der Waals surface area contributed by atoms with Crippen LogP contribution in [0, 0.1) is 13.8 Å². The van der Waals surface area contributed by atoms with Gasteiger partial charge in [-0.25, -0.2) is 13.4 Å². The molecule has 1 amide bonds. The monoisotopic (exact) mass is 445 g/mol. The number of amides is 1. The summed E-state index contributed by atoms with van der Waals surface area (Å²) in [6.45, 7) is 3.84. The number of hydrogen-bond donors (Lipinski definition) is 2. The third-order valence-electron chi connectivity index (χ3n) is 4.46. The molecule has 0 aliphatic carbocycles. The third-order valence-corrected chi connectivity index (χ3v) is 6.16. The number of sulfonamides is 1. The van der Waals surface area contributed by atoms with E-state index in [1.54, 1.807) is 24.3 Å². The molecule has 0 bridgehead atoms. The zero-order valence-corrected chi connectivity index (χ0v) is 18.1. The number of carbonyl (C=O) groups excluding carboxylic acids is 1. The number of rotatable bonds is 6. The van der Waals surface area contributed by atoms with Gasteiger partial charge in [0.05, 0.1) is 34.5 Å². The Balaban J connectivity index is 1.85. The summed E-state index contributed by atoms with van der Waals surface area (Å²) in [6, 6.07) is 12.4. The average Bonchev–Trinajstić information content (AvgIpc) is 2.71. The number of methoxy groups -OCH3 is 1. The van der Waals surface area contributed by atoms with Crippen LogP contribution < -0.4 is 14.8 Å². The van der Waals surface area contributed by atoms with Gasteiger partial charge in [-0.15, -0.1) is 0 Å². The first kappa shape index (κ1) is 21.6. The van der Waals surface area contributed by atoms with Gasteiger partial charge in [-0.2, -0.15) is 0 Å². The van der Waals surface area contributed by atoms with Crippen molar-refractivity contribution in [3.05, 3.63) is 76.4 Å². The second-order valence-electron chi connectivity index (χ2n) is 6.59. The highest BCUT2D eigenvalue weighted by molar-refractivity contribution is 7.92. The molecule has 0 spiro atoms. The summed E-state index contributed by atoms with van der Waals surface area (Å²) in [7, 11) is -2.43. The fraction of sp³-hybridized carbons (Fsp3) is 0.143. The van der Waals surface area contributed by atoms with Crippen molar-refractivity contribution in [2.24, 2.45) is 0 Å².